The van der Waals surface area contributed by atoms with Crippen LogP contribution in [0.5, 0.6) is 5.75 Å². The van der Waals surface area contributed by atoms with E-state index in [9.17, 15) is 8.42 Å². The molecular formula is C13H12N4O3S. The molecule has 0 amide bonds. The van der Waals surface area contributed by atoms with Gasteiger partial charge in [0, 0.05) is 18.3 Å². The van der Waals surface area contributed by atoms with Crippen LogP contribution in [-0.4, -0.2) is 20.5 Å². The predicted molar refractivity (Wildman–Crippen MR) is 77.2 cm³/mol. The Labute approximate surface area is 122 Å². The molecule has 0 aliphatic carbocycles. The van der Waals surface area contributed by atoms with Crippen molar-refractivity contribution in [2.24, 2.45) is 0 Å². The molecule has 0 saturated carbocycles. The number of benzene rings is 1. The predicted octanol–water partition coefficient (Wildman–Crippen LogP) is 1.34. The highest BCUT2D eigenvalue weighted by molar-refractivity contribution is 7.92. The number of nitrogens with zero attached hydrogens (tertiary/aromatic N) is 2. The lowest BCUT2D eigenvalue weighted by molar-refractivity contribution is 0.416. The average molecular weight is 304 g/mol. The molecule has 8 heteroatoms. The minimum absolute atomic E-state index is 0.0126. The van der Waals surface area contributed by atoms with Gasteiger partial charge in [-0.3, -0.25) is 4.72 Å². The second kappa shape index (κ2) is 5.68. The maximum Gasteiger partial charge on any atom is 0.262 e. The Morgan fingerprint density at radius 1 is 1.33 bits per heavy atom. The molecule has 2 aromatic rings. The molecule has 108 valence electrons. The second-order valence-corrected chi connectivity index (χ2v) is 5.73. The molecule has 0 unspecified atom stereocenters. The highest BCUT2D eigenvalue weighted by Crippen LogP contribution is 2.27. The van der Waals surface area contributed by atoms with Gasteiger partial charge in [-0.05, 0) is 18.2 Å². The highest BCUT2D eigenvalue weighted by Gasteiger charge is 2.17. The number of hydrogen-bond donors (Lipinski definition) is 2. The van der Waals surface area contributed by atoms with E-state index in [0.717, 1.165) is 0 Å². The maximum absolute atomic E-state index is 12.3. The summed E-state index contributed by atoms with van der Waals surface area (Å²) in [4.78, 5) is 3.73. The summed E-state index contributed by atoms with van der Waals surface area (Å²) in [5, 5.41) is 8.82. The van der Waals surface area contributed by atoms with E-state index >= 15 is 0 Å². The van der Waals surface area contributed by atoms with E-state index in [0.29, 0.717) is 5.56 Å². The Balaban J connectivity index is 2.40. The molecule has 0 aliphatic rings. The van der Waals surface area contributed by atoms with Crippen molar-refractivity contribution in [3.8, 4) is 11.8 Å². The minimum Gasteiger partial charge on any atom is -0.495 e. The SMILES string of the molecule is COc1cc(C#N)ccc1NS(=O)(=O)c1ccnc(N)c1. The van der Waals surface area contributed by atoms with E-state index in [-0.39, 0.29) is 22.2 Å². The quantitative estimate of drug-likeness (QED) is 0.880. The topological polar surface area (TPSA) is 118 Å². The number of aromatic nitrogens is 1. The van der Waals surface area contributed by atoms with Gasteiger partial charge in [0.2, 0.25) is 0 Å². The van der Waals surface area contributed by atoms with Crippen molar-refractivity contribution < 1.29 is 13.2 Å². The zero-order chi connectivity index (χ0) is 15.5. The van der Waals surface area contributed by atoms with Gasteiger partial charge in [0.05, 0.1) is 29.3 Å². The Morgan fingerprint density at radius 2 is 2.10 bits per heavy atom. The van der Waals surface area contributed by atoms with Gasteiger partial charge in [-0.2, -0.15) is 5.26 Å². The molecule has 7 nitrogen and oxygen atoms in total. The van der Waals surface area contributed by atoms with Crippen LogP contribution in [0.4, 0.5) is 11.5 Å². The molecule has 1 aromatic carbocycles. The molecule has 0 spiro atoms. The summed E-state index contributed by atoms with van der Waals surface area (Å²) in [6.45, 7) is 0. The first-order valence-corrected chi connectivity index (χ1v) is 7.27. The van der Waals surface area contributed by atoms with Crippen LogP contribution >= 0.6 is 0 Å². The molecule has 0 aliphatic heterocycles. The molecule has 2 rings (SSSR count). The summed E-state index contributed by atoms with van der Waals surface area (Å²) in [5.41, 5.74) is 6.07. The first-order chi connectivity index (χ1) is 9.96. The molecule has 21 heavy (non-hydrogen) atoms. The number of nitrogen functional groups attached to an aromatic ring is 1. The van der Waals surface area contributed by atoms with Crippen molar-refractivity contribution in [3.63, 3.8) is 0 Å². The zero-order valence-electron chi connectivity index (χ0n) is 11.1. The van der Waals surface area contributed by atoms with Crippen LogP contribution in [0.1, 0.15) is 5.56 Å². The van der Waals surface area contributed by atoms with Crippen LogP contribution in [0.25, 0.3) is 0 Å². The lowest BCUT2D eigenvalue weighted by Crippen LogP contribution is -2.14. The zero-order valence-corrected chi connectivity index (χ0v) is 11.9. The number of rotatable bonds is 4. The first-order valence-electron chi connectivity index (χ1n) is 5.79. The highest BCUT2D eigenvalue weighted by atomic mass is 32.2. The number of nitriles is 1. The molecule has 1 heterocycles. The molecule has 1 aromatic heterocycles. The Kier molecular flexibility index (Phi) is 3.95. The fourth-order valence-electron chi connectivity index (χ4n) is 1.64. The van der Waals surface area contributed by atoms with Crippen LogP contribution < -0.4 is 15.2 Å². The minimum atomic E-state index is -3.82. The Hall–Kier alpha value is -2.79. The van der Waals surface area contributed by atoms with E-state index in [4.69, 9.17) is 15.7 Å². The van der Waals surface area contributed by atoms with Crippen LogP contribution in [-0.2, 0) is 10.0 Å². The van der Waals surface area contributed by atoms with Crippen molar-refractivity contribution in [1.29, 1.82) is 5.26 Å². The number of ether oxygens (including phenoxy) is 1. The van der Waals surface area contributed by atoms with Crippen LogP contribution in [0.2, 0.25) is 0 Å². The largest absolute Gasteiger partial charge is 0.495 e. The third kappa shape index (κ3) is 3.21. The van der Waals surface area contributed by atoms with Gasteiger partial charge in [0.1, 0.15) is 11.6 Å². The fourth-order valence-corrected chi connectivity index (χ4v) is 2.74. The normalized spacial score (nSPS) is 10.7. The third-order valence-electron chi connectivity index (χ3n) is 2.64. The lowest BCUT2D eigenvalue weighted by Gasteiger charge is -2.12. The summed E-state index contributed by atoms with van der Waals surface area (Å²) in [5.74, 6) is 0.351. The van der Waals surface area contributed by atoms with E-state index in [1.807, 2.05) is 6.07 Å². The molecule has 0 saturated heterocycles. The van der Waals surface area contributed by atoms with Crippen molar-refractivity contribution in [1.82, 2.24) is 4.98 Å². The van der Waals surface area contributed by atoms with Crippen LogP contribution in [0.3, 0.4) is 0 Å². The molecule has 0 atom stereocenters. The lowest BCUT2D eigenvalue weighted by atomic mass is 10.2. The Bertz CT molecular complexity index is 812. The van der Waals surface area contributed by atoms with Gasteiger partial charge < -0.3 is 10.5 Å². The van der Waals surface area contributed by atoms with Gasteiger partial charge in [-0.15, -0.1) is 0 Å². The Morgan fingerprint density at radius 3 is 2.71 bits per heavy atom. The number of sulfonamides is 1. The van der Waals surface area contributed by atoms with Crippen molar-refractivity contribution in [3.05, 3.63) is 42.1 Å². The second-order valence-electron chi connectivity index (χ2n) is 4.05. The van der Waals surface area contributed by atoms with Gasteiger partial charge in [-0.1, -0.05) is 0 Å². The molecule has 3 N–H and O–H groups in total. The molecule has 0 fully saturated rings. The van der Waals surface area contributed by atoms with E-state index in [1.54, 1.807) is 0 Å². The number of methoxy groups -OCH3 is 1. The number of anilines is 2. The smallest absolute Gasteiger partial charge is 0.262 e. The molecule has 0 bridgehead atoms. The summed E-state index contributed by atoms with van der Waals surface area (Å²) in [7, 11) is -2.43. The van der Waals surface area contributed by atoms with Gasteiger partial charge >= 0.3 is 0 Å². The maximum atomic E-state index is 12.3. The standard InChI is InChI=1S/C13H12N4O3S/c1-20-12-6-9(8-14)2-3-11(12)17-21(18,19)10-4-5-16-13(15)7-10/h2-7,17H,1H3,(H2,15,16). The van der Waals surface area contributed by atoms with Crippen molar-refractivity contribution in [2.45, 2.75) is 4.90 Å². The van der Waals surface area contributed by atoms with Gasteiger partial charge in [-0.25, -0.2) is 13.4 Å². The monoisotopic (exact) mass is 304 g/mol. The third-order valence-corrected chi connectivity index (χ3v) is 4.00. The number of nitrogens with one attached hydrogen (secondary N) is 1. The van der Waals surface area contributed by atoms with E-state index in [1.165, 1.54) is 43.6 Å². The van der Waals surface area contributed by atoms with E-state index in [2.05, 4.69) is 9.71 Å². The molecule has 0 radical (unpaired) electrons. The fraction of sp³-hybridized carbons (Fsp3) is 0.0769. The number of hydrogen-bond acceptors (Lipinski definition) is 6. The van der Waals surface area contributed by atoms with Crippen LogP contribution in [0.15, 0.2) is 41.4 Å². The van der Waals surface area contributed by atoms with Crippen molar-refractivity contribution in [2.75, 3.05) is 17.6 Å². The van der Waals surface area contributed by atoms with Crippen molar-refractivity contribution >= 4 is 21.5 Å². The first kappa shape index (κ1) is 14.6. The van der Waals surface area contributed by atoms with E-state index < -0.39 is 10.0 Å². The number of pyridine rings is 1. The van der Waals surface area contributed by atoms with Crippen LogP contribution in [0, 0.1) is 11.3 Å². The van der Waals surface area contributed by atoms with Gasteiger partial charge in [0.25, 0.3) is 10.0 Å². The summed E-state index contributed by atoms with van der Waals surface area (Å²) >= 11 is 0. The number of nitrogens with two attached hydrogens (primary N) is 1. The molecular weight excluding hydrogens is 292 g/mol. The average Bonchev–Trinajstić information content (AvgIpc) is 2.47. The van der Waals surface area contributed by atoms with Gasteiger partial charge in [0.15, 0.2) is 0 Å². The summed E-state index contributed by atoms with van der Waals surface area (Å²) in [6.07, 6.45) is 1.31. The summed E-state index contributed by atoms with van der Waals surface area (Å²) in [6, 6.07) is 8.91. The summed E-state index contributed by atoms with van der Waals surface area (Å²) < 4.78 is 32.0.